The summed E-state index contributed by atoms with van der Waals surface area (Å²) >= 11 is 0. The first kappa shape index (κ1) is 15.0. The van der Waals surface area contributed by atoms with Crippen LogP contribution >= 0.6 is 0 Å². The van der Waals surface area contributed by atoms with E-state index < -0.39 is 0 Å². The van der Waals surface area contributed by atoms with E-state index >= 15 is 0 Å². The van der Waals surface area contributed by atoms with Crippen LogP contribution in [0.15, 0.2) is 78.4 Å². The van der Waals surface area contributed by atoms with Crippen molar-refractivity contribution in [1.82, 2.24) is 5.32 Å². The molecule has 116 valence electrons. The van der Waals surface area contributed by atoms with Gasteiger partial charge in [-0.05, 0) is 17.7 Å². The van der Waals surface area contributed by atoms with Crippen LogP contribution in [-0.4, -0.2) is 18.2 Å². The number of carbonyl (C=O) groups is 1. The maximum atomic E-state index is 12.2. The number of hydrogen-bond acceptors (Lipinski definition) is 3. The maximum Gasteiger partial charge on any atom is 0.267 e. The van der Waals surface area contributed by atoms with Gasteiger partial charge >= 0.3 is 0 Å². The quantitative estimate of drug-likeness (QED) is 0.862. The molecule has 2 aromatic carbocycles. The molecule has 1 aliphatic heterocycles. The van der Waals surface area contributed by atoms with Crippen LogP contribution in [-0.2, 0) is 4.79 Å². The second-order valence-corrected chi connectivity index (χ2v) is 5.36. The van der Waals surface area contributed by atoms with Gasteiger partial charge < -0.3 is 5.32 Å². The van der Waals surface area contributed by atoms with E-state index in [0.29, 0.717) is 18.7 Å². The number of amides is 1. The molecule has 1 amide bonds. The summed E-state index contributed by atoms with van der Waals surface area (Å²) < 4.78 is 0. The predicted octanol–water partition coefficient (Wildman–Crippen LogP) is 3.30. The van der Waals surface area contributed by atoms with Gasteiger partial charge in [0.05, 0.1) is 11.7 Å². The monoisotopic (exact) mass is 305 g/mol. The summed E-state index contributed by atoms with van der Waals surface area (Å²) in [5.41, 5.74) is 2.67. The normalized spacial score (nSPS) is 16.8. The Labute approximate surface area is 136 Å². The lowest BCUT2D eigenvalue weighted by atomic mass is 10.0. The lowest BCUT2D eigenvalue weighted by Gasteiger charge is -2.23. The number of benzene rings is 2. The molecule has 0 aromatic heterocycles. The standard InChI is InChI=1S/C19H19N3O/c1-2-13-20-19(23)17-14-18(15-9-5-3-6-10-15)22(21-17)16-11-7-4-8-12-16/h2-12,18H,1,13-14H2,(H,20,23)/t18-/m1/s1. The summed E-state index contributed by atoms with van der Waals surface area (Å²) in [6, 6.07) is 20.1. The minimum atomic E-state index is -0.135. The van der Waals surface area contributed by atoms with Crippen LogP contribution in [0.2, 0.25) is 0 Å². The number of anilines is 1. The van der Waals surface area contributed by atoms with E-state index in [9.17, 15) is 4.79 Å². The molecule has 1 heterocycles. The smallest absolute Gasteiger partial charge is 0.267 e. The van der Waals surface area contributed by atoms with Crippen molar-refractivity contribution in [1.29, 1.82) is 0 Å². The van der Waals surface area contributed by atoms with Gasteiger partial charge in [-0.25, -0.2) is 0 Å². The van der Waals surface area contributed by atoms with Gasteiger partial charge in [0.1, 0.15) is 5.71 Å². The minimum absolute atomic E-state index is 0.0306. The van der Waals surface area contributed by atoms with E-state index in [4.69, 9.17) is 0 Å². The van der Waals surface area contributed by atoms with Crippen molar-refractivity contribution < 1.29 is 4.79 Å². The molecule has 23 heavy (non-hydrogen) atoms. The molecule has 0 aliphatic carbocycles. The number of nitrogens with zero attached hydrogens (tertiary/aromatic N) is 2. The second kappa shape index (κ2) is 6.92. The first-order valence-electron chi connectivity index (χ1n) is 7.65. The molecule has 0 fully saturated rings. The van der Waals surface area contributed by atoms with Crippen LogP contribution in [0.5, 0.6) is 0 Å². The highest BCUT2D eigenvalue weighted by Gasteiger charge is 2.31. The van der Waals surface area contributed by atoms with Gasteiger partial charge in [0.2, 0.25) is 0 Å². The Morgan fingerprint density at radius 2 is 1.83 bits per heavy atom. The number of carbonyl (C=O) groups excluding carboxylic acids is 1. The summed E-state index contributed by atoms with van der Waals surface area (Å²) in [4.78, 5) is 12.2. The number of para-hydroxylation sites is 1. The Bertz CT molecular complexity index is 710. The summed E-state index contributed by atoms with van der Waals surface area (Å²) in [6.45, 7) is 4.06. The lowest BCUT2D eigenvalue weighted by molar-refractivity contribution is -0.114. The average Bonchev–Trinajstić information content (AvgIpc) is 3.06. The van der Waals surface area contributed by atoms with Crippen molar-refractivity contribution in [2.45, 2.75) is 12.5 Å². The van der Waals surface area contributed by atoms with E-state index in [2.05, 4.69) is 29.1 Å². The van der Waals surface area contributed by atoms with Crippen LogP contribution in [0.1, 0.15) is 18.0 Å². The van der Waals surface area contributed by atoms with Gasteiger partial charge in [-0.2, -0.15) is 5.10 Å². The van der Waals surface area contributed by atoms with Crippen LogP contribution in [0.25, 0.3) is 0 Å². The fourth-order valence-electron chi connectivity index (χ4n) is 2.67. The predicted molar refractivity (Wildman–Crippen MR) is 93.4 cm³/mol. The first-order chi connectivity index (χ1) is 11.3. The molecule has 4 heteroatoms. The van der Waals surface area contributed by atoms with Crippen molar-refractivity contribution in [3.05, 3.63) is 78.9 Å². The van der Waals surface area contributed by atoms with Gasteiger partial charge in [0.15, 0.2) is 0 Å². The zero-order chi connectivity index (χ0) is 16.1. The Morgan fingerprint density at radius 3 is 2.48 bits per heavy atom. The molecule has 1 atom stereocenters. The Morgan fingerprint density at radius 1 is 1.17 bits per heavy atom. The van der Waals surface area contributed by atoms with Gasteiger partial charge in [-0.3, -0.25) is 9.80 Å². The molecule has 2 aromatic rings. The number of hydrazone groups is 1. The first-order valence-corrected chi connectivity index (χ1v) is 7.65. The lowest BCUT2D eigenvalue weighted by Crippen LogP contribution is -2.30. The fourth-order valence-corrected chi connectivity index (χ4v) is 2.67. The van der Waals surface area contributed by atoms with Crippen molar-refractivity contribution in [3.63, 3.8) is 0 Å². The minimum Gasteiger partial charge on any atom is -0.347 e. The molecule has 0 unspecified atom stereocenters. The fraction of sp³-hybridized carbons (Fsp3) is 0.158. The van der Waals surface area contributed by atoms with Crippen LogP contribution in [0.3, 0.4) is 0 Å². The van der Waals surface area contributed by atoms with Gasteiger partial charge in [0, 0.05) is 13.0 Å². The molecule has 0 saturated carbocycles. The molecule has 1 N–H and O–H groups in total. The SMILES string of the molecule is C=CCNC(=O)C1=NN(c2ccccc2)[C@@H](c2ccccc2)C1. The number of rotatable bonds is 5. The molecule has 3 rings (SSSR count). The Hall–Kier alpha value is -2.88. The molecule has 0 radical (unpaired) electrons. The van der Waals surface area contributed by atoms with Crippen LogP contribution < -0.4 is 10.3 Å². The second-order valence-electron chi connectivity index (χ2n) is 5.36. The molecule has 4 nitrogen and oxygen atoms in total. The van der Waals surface area contributed by atoms with Crippen molar-refractivity contribution in [2.24, 2.45) is 5.10 Å². The molecular formula is C19H19N3O. The van der Waals surface area contributed by atoms with Gasteiger partial charge in [-0.1, -0.05) is 54.6 Å². The highest BCUT2D eigenvalue weighted by Crippen LogP contribution is 2.34. The average molecular weight is 305 g/mol. The summed E-state index contributed by atoms with van der Waals surface area (Å²) in [6.07, 6.45) is 2.25. The summed E-state index contributed by atoms with van der Waals surface area (Å²) in [5.74, 6) is -0.135. The van der Waals surface area contributed by atoms with Gasteiger partial charge in [0.25, 0.3) is 5.91 Å². The van der Waals surface area contributed by atoms with E-state index in [1.165, 1.54) is 0 Å². The van der Waals surface area contributed by atoms with Crippen molar-refractivity contribution in [3.8, 4) is 0 Å². The number of nitrogens with one attached hydrogen (secondary N) is 1. The van der Waals surface area contributed by atoms with E-state index in [1.54, 1.807) is 6.08 Å². The zero-order valence-corrected chi connectivity index (χ0v) is 12.9. The topological polar surface area (TPSA) is 44.7 Å². The van der Waals surface area contributed by atoms with Crippen molar-refractivity contribution >= 4 is 17.3 Å². The Kier molecular flexibility index (Phi) is 4.52. The zero-order valence-electron chi connectivity index (χ0n) is 12.9. The Balaban J connectivity index is 1.91. The van der Waals surface area contributed by atoms with E-state index in [-0.39, 0.29) is 11.9 Å². The molecule has 0 spiro atoms. The third kappa shape index (κ3) is 3.31. The highest BCUT2D eigenvalue weighted by molar-refractivity contribution is 6.39. The maximum absolute atomic E-state index is 12.2. The van der Waals surface area contributed by atoms with Gasteiger partial charge in [-0.15, -0.1) is 6.58 Å². The van der Waals surface area contributed by atoms with Crippen LogP contribution in [0, 0.1) is 0 Å². The summed E-state index contributed by atoms with van der Waals surface area (Å²) in [7, 11) is 0. The third-order valence-electron chi connectivity index (χ3n) is 3.78. The third-order valence-corrected chi connectivity index (χ3v) is 3.78. The largest absolute Gasteiger partial charge is 0.347 e. The molecule has 0 saturated heterocycles. The number of hydrogen-bond donors (Lipinski definition) is 1. The van der Waals surface area contributed by atoms with Crippen LogP contribution in [0.4, 0.5) is 5.69 Å². The molecular weight excluding hydrogens is 286 g/mol. The molecule has 0 bridgehead atoms. The molecule has 1 aliphatic rings. The summed E-state index contributed by atoms with van der Waals surface area (Å²) in [5, 5.41) is 9.31. The van der Waals surface area contributed by atoms with E-state index in [1.807, 2.05) is 53.5 Å². The highest BCUT2D eigenvalue weighted by atomic mass is 16.2. The van der Waals surface area contributed by atoms with Crippen molar-refractivity contribution in [2.75, 3.05) is 11.6 Å². The van der Waals surface area contributed by atoms with E-state index in [0.717, 1.165) is 11.3 Å².